The molecule has 51 heavy (non-hydrogen) atoms. The van der Waals surface area contributed by atoms with Gasteiger partial charge in [0.15, 0.2) is 6.61 Å². The van der Waals surface area contributed by atoms with Gasteiger partial charge in [0.25, 0.3) is 5.91 Å². The zero-order chi connectivity index (χ0) is 36.5. The van der Waals surface area contributed by atoms with Gasteiger partial charge in [0.2, 0.25) is 5.91 Å². The first-order valence-electron chi connectivity index (χ1n) is 16.2. The molecule has 0 saturated carbocycles. The Kier molecular flexibility index (Phi) is 8.44. The number of halogens is 3. The summed E-state index contributed by atoms with van der Waals surface area (Å²) in [4.78, 5) is 38.0. The zero-order valence-electron chi connectivity index (χ0n) is 28.8. The van der Waals surface area contributed by atoms with Gasteiger partial charge in [-0.25, -0.2) is 23.1 Å². The largest absolute Gasteiger partial charge is 0.483 e. The van der Waals surface area contributed by atoms with Crippen molar-refractivity contribution in [1.82, 2.24) is 34.1 Å². The minimum atomic E-state index is -1.04. The third-order valence-electron chi connectivity index (χ3n) is 9.41. The highest BCUT2D eigenvalue weighted by Crippen LogP contribution is 2.48. The van der Waals surface area contributed by atoms with Gasteiger partial charge in [-0.05, 0) is 45.0 Å². The predicted octanol–water partition coefficient (Wildman–Crippen LogP) is 7.22. The maximum absolute atomic E-state index is 16.3. The van der Waals surface area contributed by atoms with E-state index >= 15 is 8.78 Å². The molecule has 0 fully saturated rings. The molecule has 2 atom stereocenters. The number of rotatable bonds is 7. The molecular formula is C37H34F3N7O3S. The van der Waals surface area contributed by atoms with Crippen molar-refractivity contribution >= 4 is 44.3 Å². The van der Waals surface area contributed by atoms with Crippen molar-refractivity contribution in [2.75, 3.05) is 27.2 Å². The van der Waals surface area contributed by atoms with Crippen molar-refractivity contribution in [1.29, 1.82) is 0 Å². The Morgan fingerprint density at radius 1 is 1.06 bits per heavy atom. The van der Waals surface area contributed by atoms with E-state index in [1.807, 2.05) is 50.6 Å². The average Bonchev–Trinajstić information content (AvgIpc) is 3.80. The first-order chi connectivity index (χ1) is 24.3. The Balaban J connectivity index is 1.54. The van der Waals surface area contributed by atoms with Gasteiger partial charge in [0.1, 0.15) is 40.4 Å². The number of benzene rings is 2. The van der Waals surface area contributed by atoms with Crippen LogP contribution in [0, 0.1) is 24.4 Å². The number of hydrogen-bond acceptors (Lipinski definition) is 7. The molecular weight excluding hydrogens is 680 g/mol. The summed E-state index contributed by atoms with van der Waals surface area (Å²) in [5.41, 5.74) is 3.42. The number of carbonyl (C=O) groups is 2. The molecule has 1 aliphatic rings. The molecule has 10 nitrogen and oxygen atoms in total. The smallest absolute Gasteiger partial charge is 0.259 e. The van der Waals surface area contributed by atoms with E-state index in [2.05, 4.69) is 11.6 Å². The quantitative estimate of drug-likeness (QED) is 0.162. The van der Waals surface area contributed by atoms with Gasteiger partial charge in [-0.15, -0.1) is 11.3 Å². The number of pyridine rings is 1. The third kappa shape index (κ3) is 5.63. The second-order valence-corrected chi connectivity index (χ2v) is 13.7. The van der Waals surface area contributed by atoms with Crippen LogP contribution in [-0.2, 0) is 16.6 Å². The van der Waals surface area contributed by atoms with Crippen molar-refractivity contribution in [2.24, 2.45) is 7.05 Å². The topological polar surface area (TPSA) is 98.4 Å². The number of hydrogen-bond donors (Lipinski definition) is 0. The zero-order valence-corrected chi connectivity index (χ0v) is 29.6. The van der Waals surface area contributed by atoms with E-state index in [4.69, 9.17) is 14.8 Å². The molecule has 2 aromatic carbocycles. The second kappa shape index (κ2) is 12.7. The molecule has 0 radical (unpaired) electrons. The Hall–Kier alpha value is -5.50. The SMILES string of the molecule is C=CC(=O)N1C[C@H](C)n2nc(-c3nc(-c4ccc5c(c4)nc(C)n5C)c4scc(F)c4c3-c3c(F)cc(F)cc3OCC(=O)N(C)C)cc2[C@H]1C. The second-order valence-electron chi connectivity index (χ2n) is 12.8. The summed E-state index contributed by atoms with van der Waals surface area (Å²) < 4.78 is 57.3. The Labute approximate surface area is 295 Å². The van der Waals surface area contributed by atoms with Crippen LogP contribution in [0.5, 0.6) is 5.75 Å². The molecule has 1 aliphatic heterocycles. The lowest BCUT2D eigenvalue weighted by Gasteiger charge is -2.36. The van der Waals surface area contributed by atoms with E-state index in [1.165, 1.54) is 30.5 Å². The Bertz CT molecular complexity index is 2410. The fourth-order valence-electron chi connectivity index (χ4n) is 6.62. The van der Waals surface area contributed by atoms with Gasteiger partial charge in [-0.2, -0.15) is 5.10 Å². The summed E-state index contributed by atoms with van der Waals surface area (Å²) in [6.45, 7) is 9.15. The number of aryl methyl sites for hydroxylation is 2. The summed E-state index contributed by atoms with van der Waals surface area (Å²) in [6.07, 6.45) is 1.26. The van der Waals surface area contributed by atoms with Crippen LogP contribution in [0.1, 0.15) is 37.4 Å². The Morgan fingerprint density at radius 2 is 1.82 bits per heavy atom. The van der Waals surface area contributed by atoms with E-state index in [1.54, 1.807) is 15.6 Å². The van der Waals surface area contributed by atoms with E-state index in [-0.39, 0.29) is 45.6 Å². The highest BCUT2D eigenvalue weighted by molar-refractivity contribution is 7.17. The number of nitrogens with zero attached hydrogens (tertiary/aromatic N) is 7. The fourth-order valence-corrected chi connectivity index (χ4v) is 7.55. The van der Waals surface area contributed by atoms with Crippen LogP contribution >= 0.6 is 11.3 Å². The van der Waals surface area contributed by atoms with Gasteiger partial charge in [-0.3, -0.25) is 14.3 Å². The molecule has 262 valence electrons. The number of aromatic nitrogens is 5. The van der Waals surface area contributed by atoms with Crippen molar-refractivity contribution < 1.29 is 27.5 Å². The van der Waals surface area contributed by atoms with Crippen molar-refractivity contribution in [2.45, 2.75) is 32.9 Å². The van der Waals surface area contributed by atoms with Crippen LogP contribution in [0.15, 0.2) is 54.4 Å². The molecule has 5 heterocycles. The standard InChI is InChI=1S/C37H34F3N7O3S/c1-8-30(48)46-15-18(2)47-28(19(46)3)14-26(43-47)36-34(32-23(39)12-22(38)13-29(32)50-16-31(49)44(5)6)33-24(40)17-51-37(33)35(42-36)21-9-10-27-25(11-21)41-20(4)45(27)7/h8-14,17-19H,1,15-16H2,2-7H3/t18-,19+/m0/s1. The van der Waals surface area contributed by atoms with Gasteiger partial charge < -0.3 is 19.1 Å². The van der Waals surface area contributed by atoms with Gasteiger partial charge >= 0.3 is 0 Å². The lowest BCUT2D eigenvalue weighted by Crippen LogP contribution is -2.42. The molecule has 2 amide bonds. The molecule has 0 bridgehead atoms. The van der Waals surface area contributed by atoms with Gasteiger partial charge in [-0.1, -0.05) is 12.6 Å². The number of ether oxygens (including phenoxy) is 1. The average molecular weight is 714 g/mol. The number of imidazole rings is 1. The maximum Gasteiger partial charge on any atom is 0.259 e. The first kappa shape index (κ1) is 34.0. The lowest BCUT2D eigenvalue weighted by molar-refractivity contribution is -0.131. The normalized spacial score (nSPS) is 15.7. The summed E-state index contributed by atoms with van der Waals surface area (Å²) >= 11 is 1.09. The number of carbonyl (C=O) groups excluding carboxylic acids is 2. The summed E-state index contributed by atoms with van der Waals surface area (Å²) in [7, 11) is 4.97. The monoisotopic (exact) mass is 713 g/mol. The van der Waals surface area contributed by atoms with Crippen LogP contribution in [0.2, 0.25) is 0 Å². The number of amides is 2. The van der Waals surface area contributed by atoms with Crippen LogP contribution in [-0.4, -0.2) is 73.2 Å². The number of thiophene rings is 1. The minimum absolute atomic E-state index is 0.0122. The van der Waals surface area contributed by atoms with Crippen molar-refractivity contribution in [3.05, 3.63) is 83.4 Å². The molecule has 0 spiro atoms. The first-order valence-corrected chi connectivity index (χ1v) is 17.1. The molecule has 0 unspecified atom stereocenters. The molecule has 4 aromatic heterocycles. The molecule has 14 heteroatoms. The minimum Gasteiger partial charge on any atom is -0.483 e. The van der Waals surface area contributed by atoms with E-state index in [0.29, 0.717) is 39.8 Å². The summed E-state index contributed by atoms with van der Waals surface area (Å²) in [6, 6.07) is 8.37. The molecule has 6 aromatic rings. The van der Waals surface area contributed by atoms with E-state index in [0.717, 1.165) is 28.7 Å². The highest BCUT2D eigenvalue weighted by Gasteiger charge is 2.34. The summed E-state index contributed by atoms with van der Waals surface area (Å²) in [5, 5.41) is 6.25. The van der Waals surface area contributed by atoms with Gasteiger partial charge in [0, 0.05) is 61.7 Å². The molecule has 7 rings (SSSR count). The van der Waals surface area contributed by atoms with E-state index in [9.17, 15) is 14.0 Å². The number of fused-ring (bicyclic) bond motifs is 3. The maximum atomic E-state index is 16.3. The van der Waals surface area contributed by atoms with Crippen LogP contribution < -0.4 is 4.74 Å². The lowest BCUT2D eigenvalue weighted by atomic mass is 9.94. The molecule has 0 saturated heterocycles. The summed E-state index contributed by atoms with van der Waals surface area (Å²) in [5.74, 6) is -2.82. The van der Waals surface area contributed by atoms with E-state index < -0.39 is 36.0 Å². The molecule has 0 N–H and O–H groups in total. The highest BCUT2D eigenvalue weighted by atomic mass is 32.1. The van der Waals surface area contributed by atoms with Gasteiger partial charge in [0.05, 0.1) is 44.8 Å². The van der Waals surface area contributed by atoms with Crippen LogP contribution in [0.3, 0.4) is 0 Å². The van der Waals surface area contributed by atoms with Crippen LogP contribution in [0.4, 0.5) is 13.2 Å². The fraction of sp³-hybridized carbons (Fsp3) is 0.270. The number of likely N-dealkylation sites (N-methyl/N-ethyl adjacent to an activating group) is 1. The Morgan fingerprint density at radius 3 is 2.55 bits per heavy atom. The third-order valence-corrected chi connectivity index (χ3v) is 10.4. The van der Waals surface area contributed by atoms with Crippen LogP contribution in [0.25, 0.3) is 54.9 Å². The molecule has 0 aliphatic carbocycles. The van der Waals surface area contributed by atoms with Crippen molar-refractivity contribution in [3.8, 4) is 39.5 Å². The van der Waals surface area contributed by atoms with Crippen molar-refractivity contribution in [3.63, 3.8) is 0 Å². The predicted molar refractivity (Wildman–Crippen MR) is 190 cm³/mol.